The summed E-state index contributed by atoms with van der Waals surface area (Å²) in [7, 11) is 0. The molecule has 3 rings (SSSR count). The molecule has 0 fully saturated rings. The summed E-state index contributed by atoms with van der Waals surface area (Å²) in [5.41, 5.74) is 1.96. The lowest BCUT2D eigenvalue weighted by molar-refractivity contribution is -0.385. The Morgan fingerprint density at radius 3 is 2.86 bits per heavy atom. The van der Waals surface area contributed by atoms with Gasteiger partial charge in [-0.25, -0.2) is 0 Å². The predicted octanol–water partition coefficient (Wildman–Crippen LogP) is 5.18. The highest BCUT2D eigenvalue weighted by molar-refractivity contribution is 9.10. The highest BCUT2D eigenvalue weighted by Crippen LogP contribution is 2.27. The Morgan fingerprint density at radius 1 is 1.19 bits per heavy atom. The number of fused-ring (bicyclic) bond motifs is 1. The molecule has 0 spiro atoms. The van der Waals surface area contributed by atoms with Crippen LogP contribution in [-0.2, 0) is 6.54 Å². The maximum Gasteiger partial charge on any atom is 0.283 e. The van der Waals surface area contributed by atoms with E-state index in [1.54, 1.807) is 23.5 Å². The monoisotopic (exact) mass is 362 g/mol. The molecule has 0 saturated heterocycles. The minimum absolute atomic E-state index is 0.0857. The molecule has 106 valence electrons. The lowest BCUT2D eigenvalue weighted by Gasteiger charge is -2.07. The zero-order chi connectivity index (χ0) is 14.8. The molecule has 4 nitrogen and oxygen atoms in total. The zero-order valence-corrected chi connectivity index (χ0v) is 13.3. The molecular weight excluding hydrogens is 352 g/mol. The van der Waals surface area contributed by atoms with Gasteiger partial charge in [0.15, 0.2) is 0 Å². The van der Waals surface area contributed by atoms with E-state index in [1.807, 2.05) is 12.1 Å². The third kappa shape index (κ3) is 3.06. The Labute approximate surface area is 133 Å². The van der Waals surface area contributed by atoms with Gasteiger partial charge < -0.3 is 5.32 Å². The Bertz CT molecular complexity index is 816. The van der Waals surface area contributed by atoms with Crippen LogP contribution in [0.5, 0.6) is 0 Å². The van der Waals surface area contributed by atoms with Gasteiger partial charge in [0.2, 0.25) is 0 Å². The quantitative estimate of drug-likeness (QED) is 0.513. The van der Waals surface area contributed by atoms with Crippen LogP contribution in [0.3, 0.4) is 0 Å². The molecule has 0 saturated carbocycles. The fourth-order valence-corrected chi connectivity index (χ4v) is 3.25. The van der Waals surface area contributed by atoms with Crippen molar-refractivity contribution >= 4 is 48.7 Å². The fraction of sp³-hybridized carbons (Fsp3) is 0.0667. The second-order valence-corrected chi connectivity index (χ2v) is 6.37. The first kappa shape index (κ1) is 14.0. The van der Waals surface area contributed by atoms with Crippen molar-refractivity contribution in [1.29, 1.82) is 0 Å². The largest absolute Gasteiger partial charge is 0.381 e. The summed E-state index contributed by atoms with van der Waals surface area (Å²) in [4.78, 5) is 10.5. The number of nitrogens with zero attached hydrogens (tertiary/aromatic N) is 1. The molecule has 6 heteroatoms. The van der Waals surface area contributed by atoms with Gasteiger partial charge in [-0.2, -0.15) is 0 Å². The standard InChI is InChI=1S/C15H11BrN2O2S/c16-13-3-1-10(7-14(13)18(19)20)9-17-12-2-4-15-11(8-12)5-6-21-15/h1-8,17H,9H2. The SMILES string of the molecule is O=[N+]([O-])c1cc(CNc2ccc3sccc3c2)ccc1Br. The number of rotatable bonds is 4. The molecule has 3 aromatic rings. The van der Waals surface area contributed by atoms with Gasteiger partial charge in [-0.3, -0.25) is 10.1 Å². The van der Waals surface area contributed by atoms with Crippen molar-refractivity contribution in [2.75, 3.05) is 5.32 Å². The molecule has 0 aliphatic rings. The second kappa shape index (κ2) is 5.83. The van der Waals surface area contributed by atoms with Gasteiger partial charge in [0.25, 0.3) is 5.69 Å². The van der Waals surface area contributed by atoms with Crippen LogP contribution in [-0.4, -0.2) is 4.92 Å². The summed E-state index contributed by atoms with van der Waals surface area (Å²) in [6.45, 7) is 0.545. The number of benzene rings is 2. The predicted molar refractivity (Wildman–Crippen MR) is 89.9 cm³/mol. The zero-order valence-electron chi connectivity index (χ0n) is 10.9. The molecule has 1 heterocycles. The average molecular weight is 363 g/mol. The molecule has 1 N–H and O–H groups in total. The molecular formula is C15H11BrN2O2S. The van der Waals surface area contributed by atoms with E-state index in [-0.39, 0.29) is 10.6 Å². The van der Waals surface area contributed by atoms with Crippen molar-refractivity contribution in [2.24, 2.45) is 0 Å². The number of nitro benzene ring substituents is 1. The minimum atomic E-state index is -0.384. The maximum atomic E-state index is 10.9. The maximum absolute atomic E-state index is 10.9. The minimum Gasteiger partial charge on any atom is -0.381 e. The summed E-state index contributed by atoms with van der Waals surface area (Å²) < 4.78 is 1.75. The molecule has 0 amide bonds. The molecule has 0 aliphatic carbocycles. The van der Waals surface area contributed by atoms with Crippen molar-refractivity contribution in [1.82, 2.24) is 0 Å². The Morgan fingerprint density at radius 2 is 2.05 bits per heavy atom. The topological polar surface area (TPSA) is 55.2 Å². The van der Waals surface area contributed by atoms with Crippen LogP contribution in [0.4, 0.5) is 11.4 Å². The van der Waals surface area contributed by atoms with Crippen LogP contribution >= 0.6 is 27.3 Å². The number of anilines is 1. The normalized spacial score (nSPS) is 10.7. The van der Waals surface area contributed by atoms with Gasteiger partial charge in [0, 0.05) is 23.0 Å². The van der Waals surface area contributed by atoms with Crippen LogP contribution in [0.15, 0.2) is 52.3 Å². The van der Waals surface area contributed by atoms with E-state index in [0.717, 1.165) is 11.3 Å². The second-order valence-electron chi connectivity index (χ2n) is 4.57. The van der Waals surface area contributed by atoms with Gasteiger partial charge in [-0.05, 0) is 62.6 Å². The summed E-state index contributed by atoms with van der Waals surface area (Å²) in [5.74, 6) is 0. The van der Waals surface area contributed by atoms with Crippen LogP contribution < -0.4 is 5.32 Å². The van der Waals surface area contributed by atoms with E-state index < -0.39 is 0 Å². The van der Waals surface area contributed by atoms with Crippen LogP contribution in [0.1, 0.15) is 5.56 Å². The van der Waals surface area contributed by atoms with E-state index in [1.165, 1.54) is 10.1 Å². The molecule has 21 heavy (non-hydrogen) atoms. The van der Waals surface area contributed by atoms with E-state index in [4.69, 9.17) is 0 Å². The Kier molecular flexibility index (Phi) is 3.90. The number of hydrogen-bond donors (Lipinski definition) is 1. The molecule has 0 unspecified atom stereocenters. The lowest BCUT2D eigenvalue weighted by atomic mass is 10.2. The van der Waals surface area contributed by atoms with Gasteiger partial charge in [0.05, 0.1) is 9.40 Å². The number of thiophene rings is 1. The Hall–Kier alpha value is -1.92. The molecule has 2 aromatic carbocycles. The smallest absolute Gasteiger partial charge is 0.283 e. The number of halogens is 1. The van der Waals surface area contributed by atoms with Crippen molar-refractivity contribution in [2.45, 2.75) is 6.54 Å². The van der Waals surface area contributed by atoms with Crippen LogP contribution in [0.25, 0.3) is 10.1 Å². The molecule has 1 aromatic heterocycles. The number of nitro groups is 1. The van der Waals surface area contributed by atoms with Crippen molar-refractivity contribution in [3.8, 4) is 0 Å². The van der Waals surface area contributed by atoms with Gasteiger partial charge in [-0.15, -0.1) is 11.3 Å². The molecule has 0 aliphatic heterocycles. The summed E-state index contributed by atoms with van der Waals surface area (Å²) in [5, 5.41) is 17.5. The highest BCUT2D eigenvalue weighted by Gasteiger charge is 2.12. The molecule has 0 bridgehead atoms. The average Bonchev–Trinajstić information content (AvgIpc) is 2.93. The van der Waals surface area contributed by atoms with Crippen LogP contribution in [0.2, 0.25) is 0 Å². The molecule has 0 atom stereocenters. The first-order valence-corrected chi connectivity index (χ1v) is 7.95. The number of hydrogen-bond acceptors (Lipinski definition) is 4. The number of nitrogens with one attached hydrogen (secondary N) is 1. The molecule has 0 radical (unpaired) electrons. The van der Waals surface area contributed by atoms with Crippen LogP contribution in [0, 0.1) is 10.1 Å². The van der Waals surface area contributed by atoms with Crippen molar-refractivity contribution < 1.29 is 4.92 Å². The van der Waals surface area contributed by atoms with E-state index in [2.05, 4.69) is 44.8 Å². The van der Waals surface area contributed by atoms with Crippen molar-refractivity contribution in [3.05, 3.63) is 68.0 Å². The lowest BCUT2D eigenvalue weighted by Crippen LogP contribution is -2.00. The summed E-state index contributed by atoms with van der Waals surface area (Å²) >= 11 is 4.90. The third-order valence-electron chi connectivity index (χ3n) is 3.16. The van der Waals surface area contributed by atoms with Gasteiger partial charge >= 0.3 is 0 Å². The van der Waals surface area contributed by atoms with Gasteiger partial charge in [0.1, 0.15) is 0 Å². The van der Waals surface area contributed by atoms with E-state index in [9.17, 15) is 10.1 Å². The Balaban J connectivity index is 1.77. The summed E-state index contributed by atoms with van der Waals surface area (Å²) in [6, 6.07) is 13.4. The first-order valence-electron chi connectivity index (χ1n) is 6.27. The first-order chi connectivity index (χ1) is 10.1. The third-order valence-corrected chi connectivity index (χ3v) is 4.72. The van der Waals surface area contributed by atoms with E-state index in [0.29, 0.717) is 11.0 Å². The van der Waals surface area contributed by atoms with E-state index >= 15 is 0 Å². The highest BCUT2D eigenvalue weighted by atomic mass is 79.9. The van der Waals surface area contributed by atoms with Gasteiger partial charge in [-0.1, -0.05) is 6.07 Å². The fourth-order valence-electron chi connectivity index (χ4n) is 2.09. The summed E-state index contributed by atoms with van der Waals surface area (Å²) in [6.07, 6.45) is 0. The van der Waals surface area contributed by atoms with Crippen molar-refractivity contribution in [3.63, 3.8) is 0 Å².